The molecule has 0 aliphatic rings. The molecule has 168 valence electrons. The summed E-state index contributed by atoms with van der Waals surface area (Å²) in [6.07, 6.45) is -0.198. The first-order valence-corrected chi connectivity index (χ1v) is 11.6. The third-order valence-electron chi connectivity index (χ3n) is 4.60. The van der Waals surface area contributed by atoms with Crippen LogP contribution in [0.1, 0.15) is 30.3 Å². The van der Waals surface area contributed by atoms with E-state index in [-0.39, 0.29) is 16.8 Å². The molecule has 9 heteroatoms. The van der Waals surface area contributed by atoms with Gasteiger partial charge in [-0.05, 0) is 69.7 Å². The van der Waals surface area contributed by atoms with Crippen LogP contribution in [0.4, 0.5) is 11.6 Å². The van der Waals surface area contributed by atoms with Crippen LogP contribution in [0.2, 0.25) is 0 Å². The molecule has 2 aromatic carbocycles. The Bertz CT molecular complexity index is 1170. The Morgan fingerprint density at radius 1 is 0.969 bits per heavy atom. The molecule has 3 rings (SSSR count). The van der Waals surface area contributed by atoms with Crippen molar-refractivity contribution in [2.75, 3.05) is 10.0 Å². The van der Waals surface area contributed by atoms with Crippen molar-refractivity contribution in [3.8, 4) is 5.75 Å². The quantitative estimate of drug-likeness (QED) is 0.532. The maximum Gasteiger partial charge on any atom is 0.265 e. The van der Waals surface area contributed by atoms with Gasteiger partial charge in [0.25, 0.3) is 15.9 Å². The summed E-state index contributed by atoms with van der Waals surface area (Å²) in [6.45, 7) is 7.35. The lowest BCUT2D eigenvalue weighted by molar-refractivity contribution is -0.122. The summed E-state index contributed by atoms with van der Waals surface area (Å²) in [4.78, 5) is 20.8. The second-order valence-electron chi connectivity index (χ2n) is 7.42. The van der Waals surface area contributed by atoms with E-state index < -0.39 is 16.1 Å². The van der Waals surface area contributed by atoms with Crippen molar-refractivity contribution in [1.82, 2.24) is 9.97 Å². The number of sulfonamides is 1. The SMILES string of the molecule is CCC(Oc1ccc(C)cc1)C(=O)Nc1ccc(S(=O)(=O)Nc2nc(C)cc(C)n2)cc1. The molecule has 0 fully saturated rings. The van der Waals surface area contributed by atoms with Crippen LogP contribution in [-0.4, -0.2) is 30.4 Å². The Kier molecular flexibility index (Phi) is 7.09. The molecule has 0 aliphatic carbocycles. The maximum absolute atomic E-state index is 12.6. The third kappa shape index (κ3) is 6.04. The molecular formula is C23H26N4O4S. The first-order chi connectivity index (χ1) is 15.2. The highest BCUT2D eigenvalue weighted by atomic mass is 32.2. The van der Waals surface area contributed by atoms with Gasteiger partial charge in [0.05, 0.1) is 4.90 Å². The number of hydrogen-bond acceptors (Lipinski definition) is 6. The fourth-order valence-corrected chi connectivity index (χ4v) is 3.94. The van der Waals surface area contributed by atoms with Crippen LogP contribution in [0.25, 0.3) is 0 Å². The van der Waals surface area contributed by atoms with Gasteiger partial charge in [-0.25, -0.2) is 23.1 Å². The standard InChI is InChI=1S/C23H26N4O4S/c1-5-21(31-19-10-6-15(2)7-11-19)22(28)26-18-8-12-20(13-9-18)32(29,30)27-23-24-16(3)14-17(4)25-23/h6-14,21H,5H2,1-4H3,(H,26,28)(H,24,25,27). The molecule has 2 N–H and O–H groups in total. The fraction of sp³-hybridized carbons (Fsp3) is 0.261. The number of benzene rings is 2. The molecule has 3 aromatic rings. The average Bonchev–Trinajstić information content (AvgIpc) is 2.72. The number of aryl methyl sites for hydroxylation is 3. The number of rotatable bonds is 8. The molecule has 1 heterocycles. The van der Waals surface area contributed by atoms with Gasteiger partial charge in [-0.1, -0.05) is 24.6 Å². The monoisotopic (exact) mass is 454 g/mol. The summed E-state index contributed by atoms with van der Waals surface area (Å²) in [5.41, 5.74) is 2.88. The highest BCUT2D eigenvalue weighted by Crippen LogP contribution is 2.19. The van der Waals surface area contributed by atoms with Crippen LogP contribution in [0, 0.1) is 20.8 Å². The number of carbonyl (C=O) groups excluding carboxylic acids is 1. The van der Waals surface area contributed by atoms with Crippen LogP contribution in [-0.2, 0) is 14.8 Å². The number of aromatic nitrogens is 2. The number of hydrogen-bond donors (Lipinski definition) is 2. The molecular weight excluding hydrogens is 428 g/mol. The Labute approximate surface area is 188 Å². The van der Waals surface area contributed by atoms with Crippen molar-refractivity contribution in [1.29, 1.82) is 0 Å². The zero-order valence-electron chi connectivity index (χ0n) is 18.4. The lowest BCUT2D eigenvalue weighted by atomic mass is 10.2. The van der Waals surface area contributed by atoms with E-state index in [0.717, 1.165) is 5.56 Å². The molecule has 1 atom stereocenters. The molecule has 0 radical (unpaired) electrons. The van der Waals surface area contributed by atoms with Crippen LogP contribution < -0.4 is 14.8 Å². The summed E-state index contributed by atoms with van der Waals surface area (Å²) in [7, 11) is -3.87. The van der Waals surface area contributed by atoms with Crippen LogP contribution in [0.15, 0.2) is 59.5 Å². The zero-order chi connectivity index (χ0) is 23.3. The highest BCUT2D eigenvalue weighted by molar-refractivity contribution is 7.92. The van der Waals surface area contributed by atoms with E-state index in [4.69, 9.17) is 4.74 Å². The van der Waals surface area contributed by atoms with Gasteiger partial charge in [0.2, 0.25) is 5.95 Å². The summed E-state index contributed by atoms with van der Waals surface area (Å²) in [6, 6.07) is 15.1. The van der Waals surface area contributed by atoms with Gasteiger partial charge in [0.15, 0.2) is 6.10 Å². The summed E-state index contributed by atoms with van der Waals surface area (Å²) in [5, 5.41) is 2.76. The van der Waals surface area contributed by atoms with E-state index >= 15 is 0 Å². The minimum Gasteiger partial charge on any atom is -0.481 e. The normalized spacial score (nSPS) is 12.1. The molecule has 32 heavy (non-hydrogen) atoms. The smallest absolute Gasteiger partial charge is 0.265 e. The minimum atomic E-state index is -3.87. The second-order valence-corrected chi connectivity index (χ2v) is 9.10. The fourth-order valence-electron chi connectivity index (χ4n) is 2.99. The van der Waals surface area contributed by atoms with Crippen molar-refractivity contribution < 1.29 is 17.9 Å². The Hall–Kier alpha value is -3.46. The van der Waals surface area contributed by atoms with Crippen molar-refractivity contribution in [2.24, 2.45) is 0 Å². The van der Waals surface area contributed by atoms with E-state index in [0.29, 0.717) is 29.2 Å². The second kappa shape index (κ2) is 9.78. The molecule has 1 aromatic heterocycles. The minimum absolute atomic E-state index is 0.0129. The number of carbonyl (C=O) groups is 1. The molecule has 0 bridgehead atoms. The predicted octanol–water partition coefficient (Wildman–Crippen LogP) is 4.00. The maximum atomic E-state index is 12.6. The van der Waals surface area contributed by atoms with Gasteiger partial charge in [0, 0.05) is 17.1 Å². The largest absolute Gasteiger partial charge is 0.481 e. The van der Waals surface area contributed by atoms with Crippen molar-refractivity contribution in [2.45, 2.75) is 45.1 Å². The van der Waals surface area contributed by atoms with Crippen molar-refractivity contribution in [3.05, 3.63) is 71.5 Å². The van der Waals surface area contributed by atoms with Gasteiger partial charge in [0.1, 0.15) is 5.75 Å². The van der Waals surface area contributed by atoms with E-state index in [1.807, 2.05) is 38.1 Å². The number of anilines is 2. The number of nitrogens with zero attached hydrogens (tertiary/aromatic N) is 2. The number of ether oxygens (including phenoxy) is 1. The van der Waals surface area contributed by atoms with Gasteiger partial charge in [-0.2, -0.15) is 0 Å². The lowest BCUT2D eigenvalue weighted by Crippen LogP contribution is -2.32. The van der Waals surface area contributed by atoms with Crippen LogP contribution in [0.3, 0.4) is 0 Å². The molecule has 1 unspecified atom stereocenters. The Balaban J connectivity index is 1.67. The van der Waals surface area contributed by atoms with Crippen molar-refractivity contribution in [3.63, 3.8) is 0 Å². The predicted molar refractivity (Wildman–Crippen MR) is 123 cm³/mol. The van der Waals surface area contributed by atoms with Gasteiger partial charge in [-0.15, -0.1) is 0 Å². The first kappa shape index (κ1) is 23.2. The lowest BCUT2D eigenvalue weighted by Gasteiger charge is -2.17. The van der Waals surface area contributed by atoms with Gasteiger partial charge < -0.3 is 10.1 Å². The topological polar surface area (TPSA) is 110 Å². The Morgan fingerprint density at radius 2 is 1.56 bits per heavy atom. The molecule has 1 amide bonds. The third-order valence-corrected chi connectivity index (χ3v) is 5.95. The van der Waals surface area contributed by atoms with Gasteiger partial charge >= 0.3 is 0 Å². The highest BCUT2D eigenvalue weighted by Gasteiger charge is 2.20. The van der Waals surface area contributed by atoms with E-state index in [9.17, 15) is 13.2 Å². The summed E-state index contributed by atoms with van der Waals surface area (Å²) >= 11 is 0. The van der Waals surface area contributed by atoms with E-state index in [1.165, 1.54) is 24.3 Å². The average molecular weight is 455 g/mol. The zero-order valence-corrected chi connectivity index (χ0v) is 19.2. The molecule has 8 nitrogen and oxygen atoms in total. The van der Waals surface area contributed by atoms with Crippen LogP contribution in [0.5, 0.6) is 5.75 Å². The first-order valence-electron chi connectivity index (χ1n) is 10.2. The summed E-state index contributed by atoms with van der Waals surface area (Å²) in [5.74, 6) is 0.308. The molecule has 0 aliphatic heterocycles. The van der Waals surface area contributed by atoms with Gasteiger partial charge in [-0.3, -0.25) is 4.79 Å². The molecule has 0 saturated heterocycles. The number of nitrogens with one attached hydrogen (secondary N) is 2. The Morgan fingerprint density at radius 3 is 2.12 bits per heavy atom. The van der Waals surface area contributed by atoms with E-state index in [1.54, 1.807) is 19.9 Å². The van der Waals surface area contributed by atoms with Crippen LogP contribution >= 0.6 is 0 Å². The van der Waals surface area contributed by atoms with E-state index in [2.05, 4.69) is 20.0 Å². The van der Waals surface area contributed by atoms with Crippen molar-refractivity contribution >= 4 is 27.6 Å². The molecule has 0 spiro atoms. The summed E-state index contributed by atoms with van der Waals surface area (Å²) < 4.78 is 33.4. The molecule has 0 saturated carbocycles. The number of amides is 1.